The summed E-state index contributed by atoms with van der Waals surface area (Å²) in [5.41, 5.74) is 3.67. The molecule has 4 aromatic rings. The molecule has 162 valence electrons. The molecule has 2 aromatic heterocycles. The van der Waals surface area contributed by atoms with Crippen LogP contribution in [0.1, 0.15) is 11.1 Å². The van der Waals surface area contributed by atoms with Crippen molar-refractivity contribution in [2.75, 3.05) is 11.1 Å². The highest BCUT2D eigenvalue weighted by atomic mass is 35.5. The van der Waals surface area contributed by atoms with Gasteiger partial charge in [0.15, 0.2) is 16.8 Å². The number of benzene rings is 2. The lowest BCUT2D eigenvalue weighted by molar-refractivity contribution is -0.113. The molecule has 0 atom stereocenters. The number of nitrogens with one attached hydrogen (secondary N) is 1. The van der Waals surface area contributed by atoms with Gasteiger partial charge in [0.25, 0.3) is 0 Å². The van der Waals surface area contributed by atoms with Crippen molar-refractivity contribution in [3.05, 3.63) is 82.0 Å². The van der Waals surface area contributed by atoms with Crippen LogP contribution in [0.3, 0.4) is 0 Å². The van der Waals surface area contributed by atoms with Gasteiger partial charge < -0.3 is 5.32 Å². The monoisotopic (exact) mass is 483 g/mol. The summed E-state index contributed by atoms with van der Waals surface area (Å²) in [7, 11) is 0. The Balaban J connectivity index is 1.59. The fourth-order valence-corrected chi connectivity index (χ4v) is 4.15. The van der Waals surface area contributed by atoms with Crippen molar-refractivity contribution >= 4 is 46.7 Å². The molecule has 1 amide bonds. The van der Waals surface area contributed by atoms with E-state index in [0.717, 1.165) is 16.8 Å². The molecule has 0 fully saturated rings. The molecule has 32 heavy (non-hydrogen) atoms. The molecular weight excluding hydrogens is 465 g/mol. The number of carbonyl (C=O) groups is 1. The Morgan fingerprint density at radius 1 is 1.03 bits per heavy atom. The number of pyridine rings is 1. The molecule has 0 saturated heterocycles. The number of hydrogen-bond donors (Lipinski definition) is 1. The summed E-state index contributed by atoms with van der Waals surface area (Å²) in [6.07, 6.45) is 1.46. The molecule has 0 aliphatic heterocycles. The molecular formula is C23H19Cl2N5OS. The Kier molecular flexibility index (Phi) is 6.79. The molecule has 0 aliphatic rings. The van der Waals surface area contributed by atoms with Crippen LogP contribution < -0.4 is 5.32 Å². The van der Waals surface area contributed by atoms with Gasteiger partial charge >= 0.3 is 0 Å². The summed E-state index contributed by atoms with van der Waals surface area (Å²) in [6, 6.07) is 17.9. The van der Waals surface area contributed by atoms with Crippen molar-refractivity contribution in [1.82, 2.24) is 19.7 Å². The molecule has 0 spiro atoms. The van der Waals surface area contributed by atoms with E-state index in [9.17, 15) is 4.79 Å². The number of aryl methyl sites for hydroxylation is 1. The summed E-state index contributed by atoms with van der Waals surface area (Å²) in [5, 5.41) is 12.9. The normalized spacial score (nSPS) is 10.9. The van der Waals surface area contributed by atoms with Gasteiger partial charge in [-0.05, 0) is 31.5 Å². The molecule has 0 unspecified atom stereocenters. The molecule has 0 bridgehead atoms. The molecule has 0 aliphatic carbocycles. The molecule has 2 heterocycles. The van der Waals surface area contributed by atoms with Gasteiger partial charge in [-0.3, -0.25) is 9.36 Å². The van der Waals surface area contributed by atoms with Gasteiger partial charge in [-0.15, -0.1) is 10.2 Å². The number of carbonyl (C=O) groups excluding carboxylic acids is 1. The molecule has 4 rings (SSSR count). The summed E-state index contributed by atoms with van der Waals surface area (Å²) >= 11 is 13.6. The van der Waals surface area contributed by atoms with Crippen LogP contribution >= 0.6 is 35.0 Å². The van der Waals surface area contributed by atoms with Gasteiger partial charge in [-0.1, -0.05) is 83.0 Å². The number of aromatic nitrogens is 4. The van der Waals surface area contributed by atoms with Crippen molar-refractivity contribution in [2.45, 2.75) is 19.0 Å². The summed E-state index contributed by atoms with van der Waals surface area (Å²) < 4.78 is 1.95. The number of halogens is 2. The van der Waals surface area contributed by atoms with Crippen LogP contribution in [-0.4, -0.2) is 31.4 Å². The molecule has 6 nitrogen and oxygen atoms in total. The summed E-state index contributed by atoms with van der Waals surface area (Å²) in [4.78, 5) is 16.7. The highest BCUT2D eigenvalue weighted by Gasteiger charge is 2.18. The van der Waals surface area contributed by atoms with Crippen molar-refractivity contribution in [2.24, 2.45) is 0 Å². The quantitative estimate of drug-likeness (QED) is 0.341. The Labute approximate surface area is 200 Å². The highest BCUT2D eigenvalue weighted by molar-refractivity contribution is 7.99. The summed E-state index contributed by atoms with van der Waals surface area (Å²) in [6.45, 7) is 3.80. The maximum atomic E-state index is 12.6. The number of hydrogen-bond acceptors (Lipinski definition) is 5. The van der Waals surface area contributed by atoms with Crippen LogP contribution in [0.15, 0.2) is 66.0 Å². The van der Waals surface area contributed by atoms with Gasteiger partial charge in [0.05, 0.1) is 15.8 Å². The van der Waals surface area contributed by atoms with Crippen molar-refractivity contribution in [3.8, 4) is 17.1 Å². The first kappa shape index (κ1) is 22.3. The van der Waals surface area contributed by atoms with Gasteiger partial charge in [0.2, 0.25) is 5.91 Å². The van der Waals surface area contributed by atoms with Crippen LogP contribution in [0.2, 0.25) is 10.0 Å². The van der Waals surface area contributed by atoms with Crippen LogP contribution in [0.5, 0.6) is 0 Å². The van der Waals surface area contributed by atoms with Gasteiger partial charge in [-0.25, -0.2) is 4.98 Å². The minimum Gasteiger partial charge on any atom is -0.309 e. The van der Waals surface area contributed by atoms with Crippen molar-refractivity contribution in [1.29, 1.82) is 0 Å². The summed E-state index contributed by atoms with van der Waals surface area (Å²) in [5.74, 6) is 0.837. The lowest BCUT2D eigenvalue weighted by Crippen LogP contribution is -2.16. The van der Waals surface area contributed by atoms with Gasteiger partial charge in [-0.2, -0.15) is 0 Å². The van der Waals surface area contributed by atoms with Crippen LogP contribution in [0, 0.1) is 13.8 Å². The van der Waals surface area contributed by atoms with Gasteiger partial charge in [0, 0.05) is 17.4 Å². The van der Waals surface area contributed by atoms with E-state index in [1.54, 1.807) is 6.92 Å². The average molecular weight is 484 g/mol. The third-order valence-electron chi connectivity index (χ3n) is 4.75. The maximum absolute atomic E-state index is 12.6. The topological polar surface area (TPSA) is 72.7 Å². The molecule has 1 N–H and O–H groups in total. The number of amides is 1. The number of thioether (sulfide) groups is 1. The third-order valence-corrected chi connectivity index (χ3v) is 6.52. The Bertz CT molecular complexity index is 1260. The van der Waals surface area contributed by atoms with E-state index in [-0.39, 0.29) is 17.5 Å². The zero-order chi connectivity index (χ0) is 22.7. The zero-order valence-electron chi connectivity index (χ0n) is 17.3. The molecule has 2 aromatic carbocycles. The third kappa shape index (κ3) is 4.80. The van der Waals surface area contributed by atoms with E-state index in [2.05, 4.69) is 20.5 Å². The smallest absolute Gasteiger partial charge is 0.236 e. The fraction of sp³-hybridized carbons (Fsp3) is 0.130. The number of nitrogens with zero attached hydrogens (tertiary/aromatic N) is 4. The van der Waals surface area contributed by atoms with Crippen molar-refractivity contribution < 1.29 is 4.79 Å². The Morgan fingerprint density at radius 3 is 2.47 bits per heavy atom. The molecule has 0 saturated carbocycles. The van der Waals surface area contributed by atoms with E-state index in [4.69, 9.17) is 23.2 Å². The second kappa shape index (κ2) is 9.73. The minimum atomic E-state index is -0.258. The second-order valence-corrected chi connectivity index (χ2v) is 8.80. The minimum absolute atomic E-state index is 0.110. The van der Waals surface area contributed by atoms with E-state index in [0.29, 0.717) is 26.6 Å². The van der Waals surface area contributed by atoms with Crippen LogP contribution in [-0.2, 0) is 4.79 Å². The Hall–Kier alpha value is -2.87. The number of anilines is 1. The lowest BCUT2D eigenvalue weighted by atomic mass is 10.2. The lowest BCUT2D eigenvalue weighted by Gasteiger charge is -2.11. The maximum Gasteiger partial charge on any atom is 0.236 e. The first-order chi connectivity index (χ1) is 15.4. The second-order valence-electron chi connectivity index (χ2n) is 7.07. The van der Waals surface area contributed by atoms with E-state index < -0.39 is 0 Å². The largest absolute Gasteiger partial charge is 0.309 e. The molecule has 0 radical (unpaired) electrons. The SMILES string of the molecule is Cc1ccc(-n2c(SCC(=O)Nc3ncc(Cl)c(C)c3Cl)nnc2-c2ccccc2)cc1. The zero-order valence-corrected chi connectivity index (χ0v) is 19.7. The van der Waals surface area contributed by atoms with E-state index in [1.165, 1.54) is 18.0 Å². The number of rotatable bonds is 6. The first-order valence-corrected chi connectivity index (χ1v) is 11.5. The standard InChI is InChI=1S/C23H19Cl2N5OS/c1-14-8-10-17(11-9-14)30-22(16-6-4-3-5-7-16)28-29-23(30)32-13-19(31)27-21-20(25)15(2)18(24)12-26-21/h3-12H,13H2,1-2H3,(H,26,27,31). The van der Waals surface area contributed by atoms with Gasteiger partial charge in [0.1, 0.15) is 0 Å². The van der Waals surface area contributed by atoms with E-state index in [1.807, 2.05) is 66.1 Å². The average Bonchev–Trinajstić information content (AvgIpc) is 3.23. The first-order valence-electron chi connectivity index (χ1n) is 9.75. The van der Waals surface area contributed by atoms with Crippen LogP contribution in [0.4, 0.5) is 5.82 Å². The predicted octanol–water partition coefficient (Wildman–Crippen LogP) is 5.98. The van der Waals surface area contributed by atoms with Crippen molar-refractivity contribution in [3.63, 3.8) is 0 Å². The predicted molar refractivity (Wildman–Crippen MR) is 130 cm³/mol. The molecule has 9 heteroatoms. The fourth-order valence-electron chi connectivity index (χ4n) is 3.01. The highest BCUT2D eigenvalue weighted by Crippen LogP contribution is 2.30. The Morgan fingerprint density at radius 2 is 1.75 bits per heavy atom. The van der Waals surface area contributed by atoms with Crippen LogP contribution in [0.25, 0.3) is 17.1 Å². The van der Waals surface area contributed by atoms with E-state index >= 15 is 0 Å².